The zero-order valence-electron chi connectivity index (χ0n) is 8.51. The number of nitrogens with one attached hydrogen (secondary N) is 1. The highest BCUT2D eigenvalue weighted by molar-refractivity contribution is 9.09. The second-order valence-electron chi connectivity index (χ2n) is 3.38. The van der Waals surface area contributed by atoms with Crippen molar-refractivity contribution in [3.05, 3.63) is 35.9 Å². The summed E-state index contributed by atoms with van der Waals surface area (Å²) in [7, 11) is 0. The smallest absolute Gasteiger partial charge is 0.0157 e. The van der Waals surface area contributed by atoms with Gasteiger partial charge in [-0.15, -0.1) is 0 Å². The van der Waals surface area contributed by atoms with E-state index >= 15 is 0 Å². The number of halogens is 1. The lowest BCUT2D eigenvalue weighted by Gasteiger charge is -2.02. The Hall–Kier alpha value is -0.340. The van der Waals surface area contributed by atoms with Gasteiger partial charge in [0.2, 0.25) is 0 Å². The minimum atomic E-state index is 1.05. The van der Waals surface area contributed by atoms with Gasteiger partial charge in [-0.1, -0.05) is 46.3 Å². The van der Waals surface area contributed by atoms with Crippen LogP contribution in [0.5, 0.6) is 0 Å². The zero-order chi connectivity index (χ0) is 10.1. The van der Waals surface area contributed by atoms with Gasteiger partial charge in [0, 0.05) is 11.9 Å². The fourth-order valence-electron chi connectivity index (χ4n) is 1.42. The van der Waals surface area contributed by atoms with Crippen molar-refractivity contribution in [1.82, 2.24) is 5.32 Å². The summed E-state index contributed by atoms with van der Waals surface area (Å²) in [4.78, 5) is 0. The van der Waals surface area contributed by atoms with Crippen molar-refractivity contribution < 1.29 is 0 Å². The molecular formula is C12H18BrN. The van der Waals surface area contributed by atoms with E-state index in [1.165, 1.54) is 24.8 Å². The van der Waals surface area contributed by atoms with Crippen molar-refractivity contribution in [2.75, 3.05) is 18.4 Å². The van der Waals surface area contributed by atoms with Crippen molar-refractivity contribution in [1.29, 1.82) is 0 Å². The maximum Gasteiger partial charge on any atom is 0.0157 e. The largest absolute Gasteiger partial charge is 0.316 e. The highest BCUT2D eigenvalue weighted by Gasteiger charge is 1.91. The van der Waals surface area contributed by atoms with Gasteiger partial charge in [0.25, 0.3) is 0 Å². The third-order valence-corrected chi connectivity index (χ3v) is 2.58. The van der Waals surface area contributed by atoms with E-state index in [1.54, 1.807) is 0 Å². The molecule has 0 radical (unpaired) electrons. The summed E-state index contributed by atoms with van der Waals surface area (Å²) in [5.74, 6) is 0. The molecule has 0 atom stereocenters. The molecule has 0 spiro atoms. The molecule has 0 amide bonds. The number of benzene rings is 1. The molecule has 1 rings (SSSR count). The Morgan fingerprint density at radius 3 is 2.50 bits per heavy atom. The van der Waals surface area contributed by atoms with Crippen LogP contribution >= 0.6 is 15.9 Å². The van der Waals surface area contributed by atoms with E-state index in [0.717, 1.165) is 18.4 Å². The molecule has 1 N–H and O–H groups in total. The summed E-state index contributed by atoms with van der Waals surface area (Å²) >= 11 is 3.39. The normalized spacial score (nSPS) is 10.4. The first-order valence-corrected chi connectivity index (χ1v) is 6.36. The van der Waals surface area contributed by atoms with Crippen LogP contribution in [0, 0.1) is 0 Å². The summed E-state index contributed by atoms with van der Waals surface area (Å²) in [5, 5.41) is 4.42. The molecule has 2 heteroatoms. The second kappa shape index (κ2) is 8.01. The zero-order valence-corrected chi connectivity index (χ0v) is 10.1. The first-order valence-electron chi connectivity index (χ1n) is 5.24. The molecule has 0 heterocycles. The van der Waals surface area contributed by atoms with Crippen LogP contribution in [0.2, 0.25) is 0 Å². The first-order chi connectivity index (χ1) is 6.93. The molecule has 0 aliphatic heterocycles. The SMILES string of the molecule is BrCCNCCCCc1ccccc1. The average molecular weight is 256 g/mol. The molecule has 0 bridgehead atoms. The third-order valence-electron chi connectivity index (χ3n) is 2.18. The van der Waals surface area contributed by atoms with Gasteiger partial charge in [-0.05, 0) is 31.4 Å². The lowest BCUT2D eigenvalue weighted by Crippen LogP contribution is -2.17. The summed E-state index contributed by atoms with van der Waals surface area (Å²) in [6, 6.07) is 10.7. The van der Waals surface area contributed by atoms with E-state index in [4.69, 9.17) is 0 Å². The predicted molar refractivity (Wildman–Crippen MR) is 66.0 cm³/mol. The number of hydrogen-bond donors (Lipinski definition) is 1. The quantitative estimate of drug-likeness (QED) is 0.584. The maximum absolute atomic E-state index is 3.39. The van der Waals surface area contributed by atoms with Crippen LogP contribution in [0.15, 0.2) is 30.3 Å². The van der Waals surface area contributed by atoms with Crippen LogP contribution in [-0.2, 0) is 6.42 Å². The van der Waals surface area contributed by atoms with E-state index in [-0.39, 0.29) is 0 Å². The topological polar surface area (TPSA) is 12.0 Å². The van der Waals surface area contributed by atoms with Crippen molar-refractivity contribution in [3.63, 3.8) is 0 Å². The van der Waals surface area contributed by atoms with E-state index < -0.39 is 0 Å². The van der Waals surface area contributed by atoms with Crippen LogP contribution in [-0.4, -0.2) is 18.4 Å². The maximum atomic E-state index is 3.39. The van der Waals surface area contributed by atoms with Gasteiger partial charge in [0.15, 0.2) is 0 Å². The standard InChI is InChI=1S/C12H18BrN/c13-9-11-14-10-5-4-8-12-6-2-1-3-7-12/h1-3,6-7,14H,4-5,8-11H2. The van der Waals surface area contributed by atoms with Crippen molar-refractivity contribution in [2.24, 2.45) is 0 Å². The van der Waals surface area contributed by atoms with Crippen LogP contribution in [0.4, 0.5) is 0 Å². The summed E-state index contributed by atoms with van der Waals surface area (Å²) in [6.07, 6.45) is 3.75. The van der Waals surface area contributed by atoms with Gasteiger partial charge in [0.05, 0.1) is 0 Å². The van der Waals surface area contributed by atoms with Gasteiger partial charge >= 0.3 is 0 Å². The minimum absolute atomic E-state index is 1.05. The molecule has 14 heavy (non-hydrogen) atoms. The number of alkyl halides is 1. The number of hydrogen-bond acceptors (Lipinski definition) is 1. The Morgan fingerprint density at radius 2 is 1.79 bits per heavy atom. The van der Waals surface area contributed by atoms with E-state index in [1.807, 2.05) is 0 Å². The van der Waals surface area contributed by atoms with E-state index in [9.17, 15) is 0 Å². The molecule has 0 fully saturated rings. The lowest BCUT2D eigenvalue weighted by molar-refractivity contribution is 0.644. The Balaban J connectivity index is 1.99. The van der Waals surface area contributed by atoms with E-state index in [2.05, 4.69) is 51.6 Å². The predicted octanol–water partition coefficient (Wildman–Crippen LogP) is 2.99. The number of rotatable bonds is 7. The van der Waals surface area contributed by atoms with Gasteiger partial charge in [0.1, 0.15) is 0 Å². The lowest BCUT2D eigenvalue weighted by atomic mass is 10.1. The minimum Gasteiger partial charge on any atom is -0.316 e. The fraction of sp³-hybridized carbons (Fsp3) is 0.500. The molecule has 0 saturated carbocycles. The Labute approximate surface area is 95.0 Å². The molecule has 0 aromatic heterocycles. The Morgan fingerprint density at radius 1 is 1.00 bits per heavy atom. The molecule has 1 aromatic carbocycles. The number of unbranched alkanes of at least 4 members (excludes halogenated alkanes) is 1. The molecular weight excluding hydrogens is 238 g/mol. The number of aryl methyl sites for hydroxylation is 1. The van der Waals surface area contributed by atoms with Crippen LogP contribution in [0.1, 0.15) is 18.4 Å². The molecule has 0 unspecified atom stereocenters. The molecule has 0 saturated heterocycles. The average Bonchev–Trinajstić information content (AvgIpc) is 2.25. The second-order valence-corrected chi connectivity index (χ2v) is 4.17. The summed E-state index contributed by atoms with van der Waals surface area (Å²) < 4.78 is 0. The summed E-state index contributed by atoms with van der Waals surface area (Å²) in [6.45, 7) is 2.21. The van der Waals surface area contributed by atoms with Gasteiger partial charge in [-0.2, -0.15) is 0 Å². The molecule has 0 aliphatic carbocycles. The van der Waals surface area contributed by atoms with Gasteiger partial charge in [-0.3, -0.25) is 0 Å². The highest BCUT2D eigenvalue weighted by atomic mass is 79.9. The van der Waals surface area contributed by atoms with Crippen molar-refractivity contribution in [3.8, 4) is 0 Å². The Kier molecular flexibility index (Phi) is 6.71. The molecule has 1 aromatic rings. The van der Waals surface area contributed by atoms with Gasteiger partial charge < -0.3 is 5.32 Å². The van der Waals surface area contributed by atoms with E-state index in [0.29, 0.717) is 0 Å². The van der Waals surface area contributed by atoms with Crippen molar-refractivity contribution >= 4 is 15.9 Å². The van der Waals surface area contributed by atoms with Crippen LogP contribution in [0.3, 0.4) is 0 Å². The monoisotopic (exact) mass is 255 g/mol. The third kappa shape index (κ3) is 5.40. The fourth-order valence-corrected chi connectivity index (χ4v) is 1.70. The van der Waals surface area contributed by atoms with Crippen LogP contribution < -0.4 is 5.32 Å². The van der Waals surface area contributed by atoms with Crippen molar-refractivity contribution in [2.45, 2.75) is 19.3 Å². The first kappa shape index (κ1) is 11.7. The highest BCUT2D eigenvalue weighted by Crippen LogP contribution is 2.03. The van der Waals surface area contributed by atoms with Crippen LogP contribution in [0.25, 0.3) is 0 Å². The van der Waals surface area contributed by atoms with Gasteiger partial charge in [-0.25, -0.2) is 0 Å². The molecule has 0 aliphatic rings. The molecule has 1 nitrogen and oxygen atoms in total. The Bertz CT molecular complexity index is 223. The summed E-state index contributed by atoms with van der Waals surface area (Å²) in [5.41, 5.74) is 1.45. The molecule has 78 valence electrons.